The minimum Gasteiger partial charge on any atom is -0.377 e. The highest BCUT2D eigenvalue weighted by molar-refractivity contribution is 6.60. The van der Waals surface area contributed by atoms with Crippen LogP contribution in [0, 0.1) is 0 Å². The predicted octanol–water partition coefficient (Wildman–Crippen LogP) is 3.69. The van der Waals surface area contributed by atoms with Crippen LogP contribution in [0.25, 0.3) is 0 Å². The number of hydrogen-bond acceptors (Lipinski definition) is 7. The van der Waals surface area contributed by atoms with Crippen LogP contribution in [0.5, 0.6) is 0 Å². The lowest BCUT2D eigenvalue weighted by Gasteiger charge is -2.39. The average Bonchev–Trinajstić information content (AvgIpc) is 2.70. The third kappa shape index (κ3) is 7.16. The Morgan fingerprint density at radius 1 is 1.00 bits per heavy atom. The molecule has 0 aromatic heterocycles. The maximum Gasteiger partial charge on any atom is 0.500 e. The van der Waals surface area contributed by atoms with Crippen molar-refractivity contribution in [2.24, 2.45) is 0 Å². The van der Waals surface area contributed by atoms with Crippen LogP contribution in [-0.4, -0.2) is 61.2 Å². The highest BCUT2D eigenvalue weighted by Gasteiger charge is 2.40. The first-order valence-corrected chi connectivity index (χ1v) is 11.8. The van der Waals surface area contributed by atoms with Gasteiger partial charge in [0.1, 0.15) is 0 Å². The van der Waals surface area contributed by atoms with Gasteiger partial charge in [0.05, 0.1) is 25.9 Å². The Balaban J connectivity index is 2.62. The Morgan fingerprint density at radius 2 is 1.65 bits per heavy atom. The Labute approximate surface area is 159 Å². The summed E-state index contributed by atoms with van der Waals surface area (Å²) < 4.78 is 40.9. The zero-order valence-electron chi connectivity index (χ0n) is 17.4. The van der Waals surface area contributed by atoms with Crippen molar-refractivity contribution in [3.05, 3.63) is 0 Å². The number of rotatable bonds is 14. The molecule has 26 heavy (non-hydrogen) atoms. The topological polar surface area (TPSA) is 64.6 Å². The van der Waals surface area contributed by atoms with E-state index in [0.717, 1.165) is 25.3 Å². The normalized spacial score (nSPS) is 20.1. The maximum atomic E-state index is 6.14. The molecule has 1 heterocycles. The number of hydrogen-bond donors (Lipinski definition) is 0. The first-order valence-electron chi connectivity index (χ1n) is 9.87. The summed E-state index contributed by atoms with van der Waals surface area (Å²) in [6, 6.07) is 0.783. The van der Waals surface area contributed by atoms with E-state index in [4.69, 9.17) is 32.2 Å². The van der Waals surface area contributed by atoms with E-state index in [2.05, 4.69) is 13.8 Å². The maximum absolute atomic E-state index is 6.14. The second-order valence-electron chi connectivity index (χ2n) is 6.36. The molecule has 1 aliphatic rings. The molecule has 0 aromatic rings. The smallest absolute Gasteiger partial charge is 0.377 e. The van der Waals surface area contributed by atoms with E-state index in [1.807, 2.05) is 13.8 Å². The zero-order chi connectivity index (χ0) is 19.5. The lowest BCUT2D eigenvalue weighted by molar-refractivity contribution is -0.437. The van der Waals surface area contributed by atoms with Gasteiger partial charge in [-0.05, 0) is 19.3 Å². The Morgan fingerprint density at radius 3 is 2.12 bits per heavy atom. The first-order chi connectivity index (χ1) is 12.5. The summed E-state index contributed by atoms with van der Waals surface area (Å²) in [6.07, 6.45) is 3.38. The van der Waals surface area contributed by atoms with Crippen LogP contribution in [0.3, 0.4) is 0 Å². The fourth-order valence-corrected chi connectivity index (χ4v) is 4.80. The van der Waals surface area contributed by atoms with Gasteiger partial charge in [0.15, 0.2) is 6.29 Å². The minimum atomic E-state index is -2.62. The van der Waals surface area contributed by atoms with Crippen molar-refractivity contribution in [2.75, 3.05) is 34.0 Å². The first kappa shape index (κ1) is 24.0. The largest absolute Gasteiger partial charge is 0.500 e. The van der Waals surface area contributed by atoms with Gasteiger partial charge in [0.25, 0.3) is 5.97 Å². The van der Waals surface area contributed by atoms with Gasteiger partial charge in [-0.2, -0.15) is 0 Å². The molecule has 2 unspecified atom stereocenters. The van der Waals surface area contributed by atoms with Crippen molar-refractivity contribution in [1.82, 2.24) is 0 Å². The molecule has 2 atom stereocenters. The molecule has 0 spiro atoms. The molecule has 0 saturated carbocycles. The summed E-state index contributed by atoms with van der Waals surface area (Å²) in [4.78, 5) is 0. The van der Waals surface area contributed by atoms with Gasteiger partial charge in [-0.15, -0.1) is 0 Å². The summed E-state index contributed by atoms with van der Waals surface area (Å²) in [5.41, 5.74) is 0. The highest BCUT2D eigenvalue weighted by atomic mass is 28.4. The van der Waals surface area contributed by atoms with Crippen molar-refractivity contribution < 1.29 is 32.2 Å². The summed E-state index contributed by atoms with van der Waals surface area (Å²) in [6.45, 7) is 9.84. The third-order valence-electron chi connectivity index (χ3n) is 4.48. The summed E-state index contributed by atoms with van der Waals surface area (Å²) in [5, 5.41) is 0. The zero-order valence-corrected chi connectivity index (χ0v) is 18.4. The second-order valence-corrected chi connectivity index (χ2v) is 9.33. The molecule has 1 rings (SSSR count). The van der Waals surface area contributed by atoms with Crippen molar-refractivity contribution in [1.29, 1.82) is 0 Å². The monoisotopic (exact) mass is 394 g/mol. The van der Waals surface area contributed by atoms with Crippen LogP contribution < -0.4 is 0 Å². The minimum absolute atomic E-state index is 0.119. The number of ether oxygens (including phenoxy) is 4. The fourth-order valence-electron chi connectivity index (χ4n) is 2.79. The van der Waals surface area contributed by atoms with Gasteiger partial charge in [-0.1, -0.05) is 34.1 Å². The van der Waals surface area contributed by atoms with Crippen molar-refractivity contribution >= 4 is 8.80 Å². The molecule has 1 fully saturated rings. The fraction of sp³-hybridized carbons (Fsp3) is 1.00. The molecule has 1 saturated heterocycles. The van der Waals surface area contributed by atoms with Gasteiger partial charge >= 0.3 is 8.80 Å². The molecular weight excluding hydrogens is 356 g/mol. The molecule has 156 valence electrons. The van der Waals surface area contributed by atoms with Crippen LogP contribution >= 0.6 is 0 Å². The summed E-state index contributed by atoms with van der Waals surface area (Å²) in [7, 11) is 0.675. The van der Waals surface area contributed by atoms with Crippen LogP contribution in [-0.2, 0) is 32.2 Å². The van der Waals surface area contributed by atoms with Crippen LogP contribution in [0.1, 0.15) is 59.8 Å². The predicted molar refractivity (Wildman–Crippen MR) is 101 cm³/mol. The van der Waals surface area contributed by atoms with Crippen molar-refractivity contribution in [3.63, 3.8) is 0 Å². The van der Waals surface area contributed by atoms with Crippen molar-refractivity contribution in [2.45, 2.75) is 84.2 Å². The van der Waals surface area contributed by atoms with Gasteiger partial charge in [-0.25, -0.2) is 0 Å². The van der Waals surface area contributed by atoms with Crippen molar-refractivity contribution in [3.8, 4) is 0 Å². The van der Waals surface area contributed by atoms with E-state index in [1.54, 1.807) is 14.2 Å². The molecule has 7 nitrogen and oxygen atoms in total. The average molecular weight is 395 g/mol. The lowest BCUT2D eigenvalue weighted by Crippen LogP contribution is -2.48. The van der Waals surface area contributed by atoms with Gasteiger partial charge in [-0.3, -0.25) is 4.74 Å². The molecule has 0 aliphatic carbocycles. The van der Waals surface area contributed by atoms with Gasteiger partial charge < -0.3 is 27.5 Å². The molecule has 0 amide bonds. The molecule has 0 aromatic carbocycles. The molecule has 8 heteroatoms. The van der Waals surface area contributed by atoms with E-state index in [0.29, 0.717) is 32.7 Å². The Hall–Kier alpha value is -0.0631. The Kier molecular flexibility index (Phi) is 11.4. The van der Waals surface area contributed by atoms with Crippen LogP contribution in [0.4, 0.5) is 0 Å². The van der Waals surface area contributed by atoms with E-state index in [1.165, 1.54) is 0 Å². The lowest BCUT2D eigenvalue weighted by atomic mass is 10.3. The standard InChI is InChI=1S/C18H38O7Si/c1-7-14-26(19-5,20-6)23-15-16(8-2)24-17(9-3)25-18(10-4)21-12-11-13-22-18/h16-17H,7-15H2,1-6H3. The summed E-state index contributed by atoms with van der Waals surface area (Å²) >= 11 is 0. The van der Waals surface area contributed by atoms with Crippen LogP contribution in [0.2, 0.25) is 6.04 Å². The highest BCUT2D eigenvalue weighted by Crippen LogP contribution is 2.28. The molecule has 0 N–H and O–H groups in total. The van der Waals surface area contributed by atoms with E-state index in [9.17, 15) is 0 Å². The Bertz CT molecular complexity index is 359. The van der Waals surface area contributed by atoms with E-state index >= 15 is 0 Å². The van der Waals surface area contributed by atoms with E-state index < -0.39 is 21.1 Å². The molecule has 0 radical (unpaired) electrons. The second kappa shape index (κ2) is 12.4. The summed E-state index contributed by atoms with van der Waals surface area (Å²) in [5.74, 6) is -1.00. The SMILES string of the molecule is CCC[Si](OC)(OC)OCC(CC)OC(CC)OC1(CC)OCCCO1. The van der Waals surface area contributed by atoms with Gasteiger partial charge in [0, 0.05) is 26.7 Å². The third-order valence-corrected chi connectivity index (χ3v) is 7.44. The molecular formula is C18H38O7Si. The van der Waals surface area contributed by atoms with Crippen LogP contribution in [0.15, 0.2) is 0 Å². The molecule has 0 bridgehead atoms. The quantitative estimate of drug-likeness (QED) is 0.329. The van der Waals surface area contributed by atoms with E-state index in [-0.39, 0.29) is 6.10 Å². The van der Waals surface area contributed by atoms with Gasteiger partial charge in [0.2, 0.25) is 0 Å². The molecule has 1 aliphatic heterocycles.